The van der Waals surface area contributed by atoms with E-state index in [4.69, 9.17) is 0 Å². The van der Waals surface area contributed by atoms with Gasteiger partial charge in [0.1, 0.15) is 0 Å². The molecule has 1 aromatic rings. The van der Waals surface area contributed by atoms with Crippen LogP contribution < -0.4 is 5.32 Å². The predicted octanol–water partition coefficient (Wildman–Crippen LogP) is 3.67. The Morgan fingerprint density at radius 3 is 2.27 bits per heavy atom. The van der Waals surface area contributed by atoms with Crippen LogP contribution in [0.2, 0.25) is 0 Å². The highest BCUT2D eigenvalue weighted by atomic mass is 16.2. The Morgan fingerprint density at radius 1 is 1.09 bits per heavy atom. The molecule has 4 heteroatoms. The van der Waals surface area contributed by atoms with Crippen LogP contribution in [0.15, 0.2) is 18.2 Å². The Kier molecular flexibility index (Phi) is 7.64. The molecule has 0 spiro atoms. The fourth-order valence-electron chi connectivity index (χ4n) is 2.43. The van der Waals surface area contributed by atoms with Gasteiger partial charge in [-0.3, -0.25) is 9.59 Å². The fraction of sp³-hybridized carbons (Fsp3) is 0.556. The number of anilines is 1. The first kappa shape index (κ1) is 18.2. The molecule has 0 atom stereocenters. The molecule has 1 aromatic carbocycles. The lowest BCUT2D eigenvalue weighted by Gasteiger charge is -2.21. The molecular weight excluding hydrogens is 276 g/mol. The molecule has 0 aliphatic rings. The highest BCUT2D eigenvalue weighted by Crippen LogP contribution is 2.19. The molecular formula is C18H28N2O2. The van der Waals surface area contributed by atoms with Crippen LogP contribution in [-0.2, 0) is 9.59 Å². The summed E-state index contributed by atoms with van der Waals surface area (Å²) in [6.07, 6.45) is 3.56. The summed E-state index contributed by atoms with van der Waals surface area (Å²) in [6, 6.07) is 5.94. The van der Waals surface area contributed by atoms with Crippen LogP contribution in [0.5, 0.6) is 0 Å². The molecule has 0 bridgehead atoms. The molecule has 0 heterocycles. The van der Waals surface area contributed by atoms with Crippen LogP contribution in [0.25, 0.3) is 0 Å². The van der Waals surface area contributed by atoms with E-state index in [2.05, 4.69) is 12.2 Å². The van der Waals surface area contributed by atoms with Crippen LogP contribution in [0, 0.1) is 13.8 Å². The average molecular weight is 304 g/mol. The molecule has 0 unspecified atom stereocenters. The van der Waals surface area contributed by atoms with Gasteiger partial charge in [0.05, 0.1) is 0 Å². The molecule has 0 radical (unpaired) electrons. The molecule has 0 fully saturated rings. The highest BCUT2D eigenvalue weighted by molar-refractivity contribution is 5.92. The number of benzene rings is 1. The van der Waals surface area contributed by atoms with E-state index in [9.17, 15) is 9.59 Å². The molecule has 2 amide bonds. The van der Waals surface area contributed by atoms with E-state index < -0.39 is 0 Å². The van der Waals surface area contributed by atoms with E-state index in [1.54, 1.807) is 11.8 Å². The molecule has 1 N–H and O–H groups in total. The van der Waals surface area contributed by atoms with Crippen molar-refractivity contribution in [1.82, 2.24) is 4.90 Å². The van der Waals surface area contributed by atoms with Gasteiger partial charge < -0.3 is 10.2 Å². The number of para-hydroxylation sites is 1. The van der Waals surface area contributed by atoms with Crippen molar-refractivity contribution in [3.63, 3.8) is 0 Å². The van der Waals surface area contributed by atoms with Crippen molar-refractivity contribution in [3.8, 4) is 0 Å². The zero-order chi connectivity index (χ0) is 16.5. The molecule has 0 aliphatic heterocycles. The van der Waals surface area contributed by atoms with Gasteiger partial charge in [-0.25, -0.2) is 0 Å². The molecule has 4 nitrogen and oxygen atoms in total. The van der Waals surface area contributed by atoms with Crippen LogP contribution >= 0.6 is 0 Å². The first-order valence-electron chi connectivity index (χ1n) is 8.07. The number of rotatable bonds is 8. The summed E-state index contributed by atoms with van der Waals surface area (Å²) in [4.78, 5) is 25.5. The van der Waals surface area contributed by atoms with Crippen molar-refractivity contribution >= 4 is 17.5 Å². The molecule has 1 rings (SSSR count). The smallest absolute Gasteiger partial charge is 0.226 e. The summed E-state index contributed by atoms with van der Waals surface area (Å²) >= 11 is 0. The van der Waals surface area contributed by atoms with Crippen molar-refractivity contribution in [2.75, 3.05) is 18.4 Å². The average Bonchev–Trinajstić information content (AvgIpc) is 2.46. The number of aryl methyl sites for hydroxylation is 2. The largest absolute Gasteiger partial charge is 0.342 e. The number of nitrogens with zero attached hydrogens (tertiary/aromatic N) is 1. The molecule has 122 valence electrons. The number of hydrogen-bond acceptors (Lipinski definition) is 2. The van der Waals surface area contributed by atoms with Gasteiger partial charge in [-0.2, -0.15) is 0 Å². The monoisotopic (exact) mass is 304 g/mol. The van der Waals surface area contributed by atoms with Crippen molar-refractivity contribution in [2.24, 2.45) is 0 Å². The lowest BCUT2D eigenvalue weighted by molar-refractivity contribution is -0.129. The topological polar surface area (TPSA) is 49.4 Å². The normalized spacial score (nSPS) is 10.4. The van der Waals surface area contributed by atoms with E-state index in [1.807, 2.05) is 32.0 Å². The summed E-state index contributed by atoms with van der Waals surface area (Å²) in [6.45, 7) is 8.88. The first-order chi connectivity index (χ1) is 10.5. The molecule has 22 heavy (non-hydrogen) atoms. The number of carbonyl (C=O) groups excluding carboxylic acids is 2. The van der Waals surface area contributed by atoms with Crippen LogP contribution in [0.1, 0.15) is 50.7 Å². The Balaban J connectivity index is 2.51. The second kappa shape index (κ2) is 9.23. The zero-order valence-electron chi connectivity index (χ0n) is 14.2. The van der Waals surface area contributed by atoms with Crippen LogP contribution in [0.4, 0.5) is 5.69 Å². The SMILES string of the molecule is CCCCCN(CCC(=O)Nc1c(C)cccc1C)C(C)=O. The Labute approximate surface area is 133 Å². The quantitative estimate of drug-likeness (QED) is 0.745. The van der Waals surface area contributed by atoms with Crippen molar-refractivity contribution in [3.05, 3.63) is 29.3 Å². The maximum absolute atomic E-state index is 12.1. The number of hydrogen-bond donors (Lipinski definition) is 1. The summed E-state index contributed by atoms with van der Waals surface area (Å²) in [5.74, 6) is -0.00452. The Morgan fingerprint density at radius 2 is 1.73 bits per heavy atom. The summed E-state index contributed by atoms with van der Waals surface area (Å²) in [5.41, 5.74) is 2.99. The van der Waals surface area contributed by atoms with Gasteiger partial charge in [0.25, 0.3) is 0 Å². The summed E-state index contributed by atoms with van der Waals surface area (Å²) < 4.78 is 0. The molecule has 0 aromatic heterocycles. The molecule has 0 saturated carbocycles. The lowest BCUT2D eigenvalue weighted by Crippen LogP contribution is -2.33. The minimum absolute atomic E-state index is 0.0379. The predicted molar refractivity (Wildman–Crippen MR) is 90.9 cm³/mol. The Hall–Kier alpha value is -1.84. The minimum Gasteiger partial charge on any atom is -0.342 e. The van der Waals surface area contributed by atoms with Crippen molar-refractivity contribution < 1.29 is 9.59 Å². The van der Waals surface area contributed by atoms with E-state index in [1.165, 1.54) is 0 Å². The second-order valence-electron chi connectivity index (χ2n) is 5.78. The third-order valence-corrected chi connectivity index (χ3v) is 3.83. The van der Waals surface area contributed by atoms with Gasteiger partial charge in [-0.1, -0.05) is 38.0 Å². The number of unbranched alkanes of at least 4 members (excludes halogenated alkanes) is 2. The van der Waals surface area contributed by atoms with Crippen LogP contribution in [0.3, 0.4) is 0 Å². The third-order valence-electron chi connectivity index (χ3n) is 3.83. The first-order valence-corrected chi connectivity index (χ1v) is 8.07. The molecule has 0 aliphatic carbocycles. The summed E-state index contributed by atoms with van der Waals surface area (Å²) in [7, 11) is 0. The van der Waals surface area contributed by atoms with E-state index >= 15 is 0 Å². The van der Waals surface area contributed by atoms with Gasteiger partial charge in [-0.05, 0) is 31.4 Å². The zero-order valence-corrected chi connectivity index (χ0v) is 14.2. The minimum atomic E-state index is -0.0425. The second-order valence-corrected chi connectivity index (χ2v) is 5.78. The fourth-order valence-corrected chi connectivity index (χ4v) is 2.43. The highest BCUT2D eigenvalue weighted by Gasteiger charge is 2.12. The number of amides is 2. The van der Waals surface area contributed by atoms with Gasteiger partial charge in [0.2, 0.25) is 11.8 Å². The van der Waals surface area contributed by atoms with Gasteiger partial charge >= 0.3 is 0 Å². The van der Waals surface area contributed by atoms with Crippen molar-refractivity contribution in [2.45, 2.75) is 53.4 Å². The van der Waals surface area contributed by atoms with E-state index in [-0.39, 0.29) is 11.8 Å². The van der Waals surface area contributed by atoms with Crippen LogP contribution in [-0.4, -0.2) is 29.8 Å². The van der Waals surface area contributed by atoms with Gasteiger partial charge in [0.15, 0.2) is 0 Å². The van der Waals surface area contributed by atoms with Gasteiger partial charge in [-0.15, -0.1) is 0 Å². The maximum Gasteiger partial charge on any atom is 0.226 e. The van der Waals surface area contributed by atoms with Crippen molar-refractivity contribution in [1.29, 1.82) is 0 Å². The van der Waals surface area contributed by atoms with Gasteiger partial charge in [0, 0.05) is 32.1 Å². The maximum atomic E-state index is 12.1. The van der Waals surface area contributed by atoms with E-state index in [0.717, 1.165) is 42.6 Å². The third kappa shape index (κ3) is 5.88. The van der Waals surface area contributed by atoms with E-state index in [0.29, 0.717) is 13.0 Å². The number of carbonyl (C=O) groups is 2. The molecule has 0 saturated heterocycles. The lowest BCUT2D eigenvalue weighted by atomic mass is 10.1. The summed E-state index contributed by atoms with van der Waals surface area (Å²) in [5, 5.41) is 2.96. The standard InChI is InChI=1S/C18H28N2O2/c1-5-6-7-12-20(16(4)21)13-11-17(22)19-18-14(2)9-8-10-15(18)3/h8-10H,5-7,11-13H2,1-4H3,(H,19,22). The number of nitrogens with one attached hydrogen (secondary N) is 1. The Bertz CT molecular complexity index is 492.